The molecule has 120 valence electrons. The zero-order valence-electron chi connectivity index (χ0n) is 14.3. The van der Waals surface area contributed by atoms with Crippen LogP contribution in [0.5, 0.6) is 0 Å². The third kappa shape index (κ3) is 5.27. The van der Waals surface area contributed by atoms with Gasteiger partial charge in [-0.1, -0.05) is 37.0 Å². The van der Waals surface area contributed by atoms with E-state index in [-0.39, 0.29) is 0 Å². The topological polar surface area (TPSA) is 15.3 Å². The molecule has 0 radical (unpaired) electrons. The second-order valence-electron chi connectivity index (χ2n) is 7.07. The average Bonchev–Trinajstić information content (AvgIpc) is 2.52. The van der Waals surface area contributed by atoms with Gasteiger partial charge in [-0.3, -0.25) is 0 Å². The quantitative estimate of drug-likeness (QED) is 0.770. The molecule has 0 aromatic rings. The van der Waals surface area contributed by atoms with E-state index in [1.54, 1.807) is 5.57 Å². The highest BCUT2D eigenvalue weighted by atomic mass is 15.2. The van der Waals surface area contributed by atoms with E-state index in [9.17, 15) is 0 Å². The second-order valence-corrected chi connectivity index (χ2v) is 7.07. The van der Waals surface area contributed by atoms with E-state index in [1.807, 2.05) is 0 Å². The highest BCUT2D eigenvalue weighted by molar-refractivity contribution is 5.25. The first kappa shape index (κ1) is 16.8. The lowest BCUT2D eigenvalue weighted by Gasteiger charge is -2.37. The molecular weight excluding hydrogens is 256 g/mol. The molecule has 2 fully saturated rings. The van der Waals surface area contributed by atoms with Crippen molar-refractivity contribution in [2.24, 2.45) is 11.8 Å². The van der Waals surface area contributed by atoms with E-state index >= 15 is 0 Å². The van der Waals surface area contributed by atoms with Crippen molar-refractivity contribution in [2.75, 3.05) is 32.7 Å². The Morgan fingerprint density at radius 2 is 1.81 bits per heavy atom. The number of hydrogen-bond donors (Lipinski definition) is 1. The Labute approximate surface area is 131 Å². The number of nitrogens with one attached hydrogen (secondary N) is 1. The van der Waals surface area contributed by atoms with Crippen molar-refractivity contribution >= 4 is 0 Å². The lowest BCUT2D eigenvalue weighted by molar-refractivity contribution is 0.171. The monoisotopic (exact) mass is 290 g/mol. The van der Waals surface area contributed by atoms with Gasteiger partial charge in [0.15, 0.2) is 0 Å². The summed E-state index contributed by atoms with van der Waals surface area (Å²) < 4.78 is 0. The van der Waals surface area contributed by atoms with Crippen molar-refractivity contribution in [1.29, 1.82) is 0 Å². The predicted octanol–water partition coefficient (Wildman–Crippen LogP) is 4.00. The number of allylic oxidation sites excluding steroid dienone is 3. The van der Waals surface area contributed by atoms with Crippen LogP contribution in [0.1, 0.15) is 52.9 Å². The van der Waals surface area contributed by atoms with Crippen molar-refractivity contribution in [2.45, 2.75) is 52.9 Å². The fraction of sp³-hybridized carbons (Fsp3) is 0.789. The van der Waals surface area contributed by atoms with Crippen molar-refractivity contribution in [3.63, 3.8) is 0 Å². The highest BCUT2D eigenvalue weighted by Gasteiger charge is 2.27. The molecule has 1 atom stereocenters. The molecule has 1 aliphatic heterocycles. The van der Waals surface area contributed by atoms with Gasteiger partial charge in [-0.05, 0) is 51.0 Å². The van der Waals surface area contributed by atoms with Crippen molar-refractivity contribution in [1.82, 2.24) is 10.2 Å². The molecule has 0 spiro atoms. The molecule has 1 heterocycles. The van der Waals surface area contributed by atoms with Gasteiger partial charge >= 0.3 is 0 Å². The number of hydrogen-bond acceptors (Lipinski definition) is 2. The minimum Gasteiger partial charge on any atom is -0.314 e. The number of nitrogens with zero attached hydrogens (tertiary/aromatic N) is 1. The Bertz CT molecular complexity index is 354. The van der Waals surface area contributed by atoms with Crippen LogP contribution in [0.25, 0.3) is 0 Å². The second kappa shape index (κ2) is 8.75. The molecule has 0 bridgehead atoms. The summed E-state index contributed by atoms with van der Waals surface area (Å²) in [6.45, 7) is 12.7. The third-order valence-corrected chi connectivity index (χ3v) is 5.10. The van der Waals surface area contributed by atoms with Crippen LogP contribution in [0, 0.1) is 11.8 Å². The van der Waals surface area contributed by atoms with E-state index in [0.717, 1.165) is 24.9 Å². The number of piperazine rings is 1. The lowest BCUT2D eigenvalue weighted by atomic mass is 9.75. The van der Waals surface area contributed by atoms with Gasteiger partial charge in [0, 0.05) is 32.7 Å². The average molecular weight is 290 g/mol. The van der Waals surface area contributed by atoms with Crippen LogP contribution in [0.15, 0.2) is 23.3 Å². The first-order valence-corrected chi connectivity index (χ1v) is 8.95. The van der Waals surface area contributed by atoms with Gasteiger partial charge < -0.3 is 10.2 Å². The molecule has 1 aliphatic carbocycles. The largest absolute Gasteiger partial charge is 0.314 e. The highest BCUT2D eigenvalue weighted by Crippen LogP contribution is 2.35. The minimum absolute atomic E-state index is 0.739. The van der Waals surface area contributed by atoms with E-state index < -0.39 is 0 Å². The smallest absolute Gasteiger partial charge is 0.0108 e. The summed E-state index contributed by atoms with van der Waals surface area (Å²) >= 11 is 0. The SMILES string of the molecule is C/C=C(\C=C(C)C)C(CN1CCNCC1)C1CCCCC1. The summed E-state index contributed by atoms with van der Waals surface area (Å²) in [7, 11) is 0. The summed E-state index contributed by atoms with van der Waals surface area (Å²) in [5, 5.41) is 3.47. The summed E-state index contributed by atoms with van der Waals surface area (Å²) in [4.78, 5) is 2.68. The fourth-order valence-electron chi connectivity index (χ4n) is 3.97. The molecule has 2 aliphatic rings. The molecule has 2 nitrogen and oxygen atoms in total. The predicted molar refractivity (Wildman–Crippen MR) is 92.6 cm³/mol. The van der Waals surface area contributed by atoms with Crippen LogP contribution in [-0.2, 0) is 0 Å². The van der Waals surface area contributed by atoms with E-state index in [2.05, 4.69) is 43.1 Å². The van der Waals surface area contributed by atoms with Gasteiger partial charge in [0.25, 0.3) is 0 Å². The zero-order chi connectivity index (χ0) is 15.1. The Kier molecular flexibility index (Phi) is 6.98. The summed E-state index contributed by atoms with van der Waals surface area (Å²) in [5.74, 6) is 1.64. The molecular formula is C19H34N2. The molecule has 2 rings (SSSR count). The van der Waals surface area contributed by atoms with Gasteiger partial charge in [0.2, 0.25) is 0 Å². The van der Waals surface area contributed by atoms with Gasteiger partial charge in [0.1, 0.15) is 0 Å². The first-order valence-electron chi connectivity index (χ1n) is 8.95. The maximum Gasteiger partial charge on any atom is 0.0108 e. The van der Waals surface area contributed by atoms with E-state index in [4.69, 9.17) is 0 Å². The third-order valence-electron chi connectivity index (χ3n) is 5.10. The van der Waals surface area contributed by atoms with E-state index in [0.29, 0.717) is 0 Å². The summed E-state index contributed by atoms with van der Waals surface area (Å²) in [5.41, 5.74) is 3.02. The van der Waals surface area contributed by atoms with Gasteiger partial charge in [-0.2, -0.15) is 0 Å². The Morgan fingerprint density at radius 3 is 2.38 bits per heavy atom. The Morgan fingerprint density at radius 1 is 1.14 bits per heavy atom. The van der Waals surface area contributed by atoms with Crippen LogP contribution in [-0.4, -0.2) is 37.6 Å². The fourth-order valence-corrected chi connectivity index (χ4v) is 3.97. The Hall–Kier alpha value is -0.600. The molecule has 0 amide bonds. The maximum atomic E-state index is 3.47. The molecule has 1 saturated carbocycles. The first-order chi connectivity index (χ1) is 10.2. The van der Waals surface area contributed by atoms with Gasteiger partial charge in [-0.25, -0.2) is 0 Å². The molecule has 21 heavy (non-hydrogen) atoms. The maximum absolute atomic E-state index is 3.47. The lowest BCUT2D eigenvalue weighted by Crippen LogP contribution is -2.46. The molecule has 0 aromatic heterocycles. The number of rotatable bonds is 5. The van der Waals surface area contributed by atoms with Crippen LogP contribution in [0.3, 0.4) is 0 Å². The molecule has 0 aromatic carbocycles. The molecule has 1 saturated heterocycles. The standard InChI is InChI=1S/C19H34N2/c1-4-17(14-16(2)3)19(18-8-6-5-7-9-18)15-21-12-10-20-11-13-21/h4,14,18-20H,5-13,15H2,1-3H3/b17-4+. The van der Waals surface area contributed by atoms with Crippen molar-refractivity contribution < 1.29 is 0 Å². The van der Waals surface area contributed by atoms with Crippen molar-refractivity contribution in [3.8, 4) is 0 Å². The van der Waals surface area contributed by atoms with Crippen LogP contribution in [0.2, 0.25) is 0 Å². The summed E-state index contributed by atoms with van der Waals surface area (Å²) in [6, 6.07) is 0. The molecule has 2 heteroatoms. The zero-order valence-corrected chi connectivity index (χ0v) is 14.3. The van der Waals surface area contributed by atoms with Crippen LogP contribution < -0.4 is 5.32 Å². The van der Waals surface area contributed by atoms with Gasteiger partial charge in [0.05, 0.1) is 0 Å². The van der Waals surface area contributed by atoms with E-state index in [1.165, 1.54) is 57.3 Å². The molecule has 1 unspecified atom stereocenters. The summed E-state index contributed by atoms with van der Waals surface area (Å²) in [6.07, 6.45) is 12.0. The minimum atomic E-state index is 0.739. The van der Waals surface area contributed by atoms with Crippen molar-refractivity contribution in [3.05, 3.63) is 23.3 Å². The van der Waals surface area contributed by atoms with Crippen LogP contribution >= 0.6 is 0 Å². The Balaban J connectivity index is 2.09. The van der Waals surface area contributed by atoms with Gasteiger partial charge in [-0.15, -0.1) is 0 Å². The van der Waals surface area contributed by atoms with Crippen LogP contribution in [0.4, 0.5) is 0 Å². The normalized spacial score (nSPS) is 23.9. The molecule has 1 N–H and O–H groups in total.